The lowest BCUT2D eigenvalue weighted by Gasteiger charge is -2.37. The number of nitrogens with zero attached hydrogens (tertiary/aromatic N) is 2. The van der Waals surface area contributed by atoms with Gasteiger partial charge < -0.3 is 29.8 Å². The molecule has 1 saturated heterocycles. The first-order chi connectivity index (χ1) is 16.5. The molecule has 1 saturated carbocycles. The molecular weight excluding hydrogens is 432 g/mol. The number of fused-ring (bicyclic) bond motifs is 1. The lowest BCUT2D eigenvalue weighted by atomic mass is 9.91. The molecule has 0 radical (unpaired) electrons. The standard InChI is InChI=1S/C26H38N4O4/c1-17-8-9-21-23(30(17)26(31)33-4)11-10-20(25(21)34-19-6-5-7-19)18(14-27)15-28-22-12-13-29(2)16-24(22)32-3/h10-11,14-15,17,19,22,24,27-28H,5-9,12-13,16H2,1-4H3/b18-15+,27-14?/t17-,22?,24?/m0/s1. The molecule has 0 spiro atoms. The molecule has 2 heterocycles. The van der Waals surface area contributed by atoms with E-state index >= 15 is 0 Å². The lowest BCUT2D eigenvalue weighted by molar-refractivity contribution is 0.0182. The van der Waals surface area contributed by atoms with Crippen molar-refractivity contribution in [2.45, 2.75) is 69.7 Å². The van der Waals surface area contributed by atoms with E-state index in [1.54, 1.807) is 12.0 Å². The number of carbonyl (C=O) groups is 1. The van der Waals surface area contributed by atoms with E-state index in [2.05, 4.69) is 17.3 Å². The van der Waals surface area contributed by atoms with Crippen LogP contribution in [-0.2, 0) is 15.9 Å². The van der Waals surface area contributed by atoms with Crippen molar-refractivity contribution in [3.8, 4) is 5.75 Å². The van der Waals surface area contributed by atoms with Gasteiger partial charge in [0.05, 0.1) is 31.0 Å². The third kappa shape index (κ3) is 4.93. The molecule has 186 valence electrons. The number of anilines is 1. The van der Waals surface area contributed by atoms with Gasteiger partial charge in [-0.1, -0.05) is 0 Å². The Balaban J connectivity index is 1.69. The Labute approximate surface area is 202 Å². The van der Waals surface area contributed by atoms with Crippen LogP contribution >= 0.6 is 0 Å². The average molecular weight is 471 g/mol. The van der Waals surface area contributed by atoms with Crippen molar-refractivity contribution in [3.05, 3.63) is 29.5 Å². The van der Waals surface area contributed by atoms with Crippen LogP contribution < -0.4 is 15.0 Å². The molecule has 2 aliphatic heterocycles. The third-order valence-electron chi connectivity index (χ3n) is 7.44. The molecule has 0 bridgehead atoms. The van der Waals surface area contributed by atoms with E-state index < -0.39 is 0 Å². The van der Waals surface area contributed by atoms with Gasteiger partial charge in [-0.2, -0.15) is 0 Å². The largest absolute Gasteiger partial charge is 0.489 e. The highest BCUT2D eigenvalue weighted by Crippen LogP contribution is 2.43. The van der Waals surface area contributed by atoms with Crippen LogP contribution in [0, 0.1) is 5.41 Å². The normalized spacial score (nSPS) is 25.8. The Hall–Kier alpha value is -2.58. The van der Waals surface area contributed by atoms with Gasteiger partial charge in [-0.3, -0.25) is 4.90 Å². The van der Waals surface area contributed by atoms with Crippen molar-refractivity contribution in [2.75, 3.05) is 39.3 Å². The molecule has 1 aromatic carbocycles. The Morgan fingerprint density at radius 1 is 1.21 bits per heavy atom. The van der Waals surface area contributed by atoms with Crippen LogP contribution in [0.2, 0.25) is 0 Å². The fraction of sp³-hybridized carbons (Fsp3) is 0.615. The monoisotopic (exact) mass is 470 g/mol. The Kier molecular flexibility index (Phi) is 7.78. The molecule has 1 aliphatic carbocycles. The summed E-state index contributed by atoms with van der Waals surface area (Å²) in [7, 11) is 5.28. The zero-order chi connectivity index (χ0) is 24.2. The molecule has 1 amide bonds. The number of hydrogen-bond acceptors (Lipinski definition) is 7. The fourth-order valence-electron chi connectivity index (χ4n) is 5.09. The lowest BCUT2D eigenvalue weighted by Crippen LogP contribution is -2.51. The zero-order valence-corrected chi connectivity index (χ0v) is 20.8. The predicted molar refractivity (Wildman–Crippen MR) is 134 cm³/mol. The minimum atomic E-state index is -0.354. The molecule has 0 aromatic heterocycles. The third-order valence-corrected chi connectivity index (χ3v) is 7.44. The van der Waals surface area contributed by atoms with Crippen molar-refractivity contribution < 1.29 is 19.0 Å². The van der Waals surface area contributed by atoms with Crippen LogP contribution in [0.4, 0.5) is 10.5 Å². The van der Waals surface area contributed by atoms with Gasteiger partial charge in [-0.25, -0.2) is 4.79 Å². The van der Waals surface area contributed by atoms with E-state index in [0.29, 0.717) is 0 Å². The second-order valence-corrected chi connectivity index (χ2v) is 9.68. The van der Waals surface area contributed by atoms with Gasteiger partial charge in [-0.05, 0) is 71.2 Å². The van der Waals surface area contributed by atoms with Crippen LogP contribution in [0.5, 0.6) is 5.75 Å². The van der Waals surface area contributed by atoms with Crippen molar-refractivity contribution in [2.24, 2.45) is 0 Å². The van der Waals surface area contributed by atoms with Gasteiger partial charge in [0.1, 0.15) is 5.75 Å². The highest BCUT2D eigenvalue weighted by atomic mass is 16.5. The van der Waals surface area contributed by atoms with Crippen LogP contribution in [-0.4, -0.2) is 75.9 Å². The van der Waals surface area contributed by atoms with E-state index in [0.717, 1.165) is 73.3 Å². The number of carbonyl (C=O) groups excluding carboxylic acids is 1. The maximum atomic E-state index is 12.6. The predicted octanol–water partition coefficient (Wildman–Crippen LogP) is 3.82. The Morgan fingerprint density at radius 3 is 2.65 bits per heavy atom. The molecular formula is C26H38N4O4. The van der Waals surface area contributed by atoms with Crippen LogP contribution in [0.15, 0.2) is 18.3 Å². The van der Waals surface area contributed by atoms with Gasteiger partial charge in [-0.15, -0.1) is 0 Å². The molecule has 3 atom stereocenters. The number of ether oxygens (including phenoxy) is 3. The molecule has 4 rings (SSSR count). The smallest absolute Gasteiger partial charge is 0.414 e. The van der Waals surface area contributed by atoms with E-state index in [4.69, 9.17) is 19.6 Å². The summed E-state index contributed by atoms with van der Waals surface area (Å²) < 4.78 is 17.3. The fourth-order valence-corrected chi connectivity index (χ4v) is 5.09. The first kappa shape index (κ1) is 24.5. The highest BCUT2D eigenvalue weighted by molar-refractivity contribution is 6.10. The zero-order valence-electron chi connectivity index (χ0n) is 20.8. The van der Waals surface area contributed by atoms with Crippen molar-refractivity contribution in [1.82, 2.24) is 10.2 Å². The summed E-state index contributed by atoms with van der Waals surface area (Å²) in [6.45, 7) is 3.92. The van der Waals surface area contributed by atoms with Crippen molar-refractivity contribution in [3.63, 3.8) is 0 Å². The number of piperidine rings is 1. The maximum absolute atomic E-state index is 12.6. The minimum absolute atomic E-state index is 0.0529. The topological polar surface area (TPSA) is 87.1 Å². The number of hydrogen-bond donors (Lipinski definition) is 2. The number of nitrogens with one attached hydrogen (secondary N) is 2. The molecule has 3 aliphatic rings. The van der Waals surface area contributed by atoms with Gasteiger partial charge in [0.2, 0.25) is 0 Å². The number of likely N-dealkylation sites (tertiary alicyclic amines) is 1. The van der Waals surface area contributed by atoms with Gasteiger partial charge in [0.25, 0.3) is 0 Å². The minimum Gasteiger partial charge on any atom is -0.489 e. The molecule has 2 fully saturated rings. The summed E-state index contributed by atoms with van der Waals surface area (Å²) in [5.41, 5.74) is 3.51. The Morgan fingerprint density at radius 2 is 2.00 bits per heavy atom. The molecule has 8 nitrogen and oxygen atoms in total. The number of methoxy groups -OCH3 is 2. The second kappa shape index (κ2) is 10.8. The number of allylic oxidation sites excluding steroid dienone is 1. The maximum Gasteiger partial charge on any atom is 0.414 e. The summed E-state index contributed by atoms with van der Waals surface area (Å²) in [4.78, 5) is 16.6. The van der Waals surface area contributed by atoms with Gasteiger partial charge >= 0.3 is 6.09 Å². The van der Waals surface area contributed by atoms with Gasteiger partial charge in [0, 0.05) is 48.8 Å². The second-order valence-electron chi connectivity index (χ2n) is 9.68. The molecule has 2 N–H and O–H groups in total. The first-order valence-corrected chi connectivity index (χ1v) is 12.3. The molecule has 1 aromatic rings. The van der Waals surface area contributed by atoms with Gasteiger partial charge in [0.15, 0.2) is 0 Å². The molecule has 8 heteroatoms. The number of benzene rings is 1. The van der Waals surface area contributed by atoms with E-state index in [1.165, 1.54) is 19.7 Å². The van der Waals surface area contributed by atoms with Crippen molar-refractivity contribution >= 4 is 23.6 Å². The van der Waals surface area contributed by atoms with E-state index in [-0.39, 0.29) is 30.4 Å². The Bertz CT molecular complexity index is 930. The van der Waals surface area contributed by atoms with Crippen LogP contribution in [0.1, 0.15) is 50.2 Å². The van der Waals surface area contributed by atoms with Crippen LogP contribution in [0.3, 0.4) is 0 Å². The quantitative estimate of drug-likeness (QED) is 0.589. The van der Waals surface area contributed by atoms with E-state index in [9.17, 15) is 4.79 Å². The average Bonchev–Trinajstić information content (AvgIpc) is 2.82. The summed E-state index contributed by atoms with van der Waals surface area (Å²) in [5.74, 6) is 0.797. The SMILES string of the molecule is COC(=O)N1c2ccc(/C(C=N)=C/NC3CCN(C)CC3OC)c(OC3CCC3)c2CC[C@@H]1C. The van der Waals surface area contributed by atoms with Crippen LogP contribution in [0.25, 0.3) is 5.57 Å². The van der Waals surface area contributed by atoms with E-state index in [1.807, 2.05) is 25.3 Å². The molecule has 2 unspecified atom stereocenters. The molecule has 34 heavy (non-hydrogen) atoms. The highest BCUT2D eigenvalue weighted by Gasteiger charge is 2.34. The number of amides is 1. The summed E-state index contributed by atoms with van der Waals surface area (Å²) in [5, 5.41) is 11.7. The summed E-state index contributed by atoms with van der Waals surface area (Å²) in [6, 6.07) is 4.18. The number of likely N-dealkylation sites (N-methyl/N-ethyl adjacent to an activating group) is 1. The summed E-state index contributed by atoms with van der Waals surface area (Å²) in [6.07, 6.45) is 9.08. The summed E-state index contributed by atoms with van der Waals surface area (Å²) >= 11 is 0. The first-order valence-electron chi connectivity index (χ1n) is 12.3. The number of rotatable bonds is 7. The van der Waals surface area contributed by atoms with Crippen molar-refractivity contribution in [1.29, 1.82) is 5.41 Å².